The lowest BCUT2D eigenvalue weighted by Gasteiger charge is -2.08. The average Bonchev–Trinajstić information content (AvgIpc) is 2.74. The van der Waals surface area contributed by atoms with E-state index in [1.54, 1.807) is 12.4 Å². The molecule has 2 heterocycles. The van der Waals surface area contributed by atoms with Gasteiger partial charge in [-0.3, -0.25) is 0 Å². The van der Waals surface area contributed by atoms with Crippen molar-refractivity contribution in [2.45, 2.75) is 32.2 Å². The van der Waals surface area contributed by atoms with Crippen LogP contribution < -0.4 is 10.1 Å². The molecule has 1 fully saturated rings. The minimum absolute atomic E-state index is 0.558. The molecular weight excluding hydrogens is 190 g/mol. The number of rotatable bonds is 4. The Morgan fingerprint density at radius 1 is 1.47 bits per heavy atom. The van der Waals surface area contributed by atoms with E-state index in [2.05, 4.69) is 15.3 Å². The van der Waals surface area contributed by atoms with Gasteiger partial charge in [0.05, 0.1) is 19.0 Å². The molecule has 1 atom stereocenters. The molecule has 1 aromatic rings. The van der Waals surface area contributed by atoms with Crippen molar-refractivity contribution in [3.63, 3.8) is 0 Å². The highest BCUT2D eigenvalue weighted by molar-refractivity contribution is 5.12. The number of hydrogen-bond acceptors (Lipinski definition) is 4. The van der Waals surface area contributed by atoms with Crippen LogP contribution in [0, 0.1) is 0 Å². The lowest BCUT2D eigenvalue weighted by Crippen LogP contribution is -2.24. The number of nitrogens with zero attached hydrogens (tertiary/aromatic N) is 2. The first-order chi connectivity index (χ1) is 7.38. The van der Waals surface area contributed by atoms with Gasteiger partial charge in [0, 0.05) is 12.5 Å². The van der Waals surface area contributed by atoms with E-state index in [0.29, 0.717) is 12.6 Å². The van der Waals surface area contributed by atoms with Crippen molar-refractivity contribution in [2.75, 3.05) is 13.2 Å². The third-order valence-corrected chi connectivity index (χ3v) is 2.58. The summed E-state index contributed by atoms with van der Waals surface area (Å²) in [4.78, 5) is 8.57. The molecule has 0 aromatic carbocycles. The molecular formula is C11H17N3O. The van der Waals surface area contributed by atoms with Crippen LogP contribution >= 0.6 is 0 Å². The molecule has 1 aliphatic rings. The van der Waals surface area contributed by atoms with Crippen LogP contribution in [0.15, 0.2) is 12.4 Å². The van der Waals surface area contributed by atoms with E-state index in [0.717, 1.165) is 24.5 Å². The van der Waals surface area contributed by atoms with Crippen LogP contribution in [0.1, 0.15) is 25.6 Å². The molecule has 1 aliphatic heterocycles. The molecule has 15 heavy (non-hydrogen) atoms. The molecule has 0 bridgehead atoms. The van der Waals surface area contributed by atoms with E-state index in [-0.39, 0.29) is 0 Å². The van der Waals surface area contributed by atoms with Crippen LogP contribution in [-0.4, -0.2) is 29.2 Å². The second-order valence-electron chi connectivity index (χ2n) is 3.77. The van der Waals surface area contributed by atoms with Gasteiger partial charge in [-0.15, -0.1) is 0 Å². The molecule has 0 aliphatic carbocycles. The van der Waals surface area contributed by atoms with Crippen LogP contribution in [0.5, 0.6) is 5.75 Å². The molecule has 4 nitrogen and oxygen atoms in total. The molecule has 1 unspecified atom stereocenters. The van der Waals surface area contributed by atoms with Gasteiger partial charge in [0.25, 0.3) is 0 Å². The van der Waals surface area contributed by atoms with Gasteiger partial charge in [-0.05, 0) is 26.3 Å². The fourth-order valence-corrected chi connectivity index (χ4v) is 1.84. The summed E-state index contributed by atoms with van der Waals surface area (Å²) >= 11 is 0. The van der Waals surface area contributed by atoms with Gasteiger partial charge in [-0.2, -0.15) is 0 Å². The fourth-order valence-electron chi connectivity index (χ4n) is 1.84. The molecule has 1 aromatic heterocycles. The lowest BCUT2D eigenvalue weighted by molar-refractivity contribution is 0.336. The standard InChI is InChI=1S/C11H17N3O/c1-2-15-10-7-13-11(14-8-10)6-9-4-3-5-12-9/h7-9,12H,2-6H2,1H3. The van der Waals surface area contributed by atoms with Crippen molar-refractivity contribution in [2.24, 2.45) is 0 Å². The second-order valence-corrected chi connectivity index (χ2v) is 3.77. The van der Waals surface area contributed by atoms with Crippen LogP contribution in [0.2, 0.25) is 0 Å². The highest BCUT2D eigenvalue weighted by Gasteiger charge is 2.15. The second kappa shape index (κ2) is 5.07. The zero-order valence-corrected chi connectivity index (χ0v) is 9.07. The maximum atomic E-state index is 5.29. The monoisotopic (exact) mass is 207 g/mol. The third-order valence-electron chi connectivity index (χ3n) is 2.58. The zero-order chi connectivity index (χ0) is 10.5. The maximum Gasteiger partial charge on any atom is 0.155 e. The van der Waals surface area contributed by atoms with Crippen LogP contribution in [0.3, 0.4) is 0 Å². The normalized spacial score (nSPS) is 20.5. The van der Waals surface area contributed by atoms with Crippen molar-refractivity contribution in [1.29, 1.82) is 0 Å². The Kier molecular flexibility index (Phi) is 3.50. The number of nitrogens with one attached hydrogen (secondary N) is 1. The fraction of sp³-hybridized carbons (Fsp3) is 0.636. The van der Waals surface area contributed by atoms with Gasteiger partial charge < -0.3 is 10.1 Å². The van der Waals surface area contributed by atoms with E-state index in [1.165, 1.54) is 12.8 Å². The molecule has 1 N–H and O–H groups in total. The quantitative estimate of drug-likeness (QED) is 0.805. The minimum Gasteiger partial charge on any atom is -0.491 e. The van der Waals surface area contributed by atoms with E-state index in [1.807, 2.05) is 6.92 Å². The highest BCUT2D eigenvalue weighted by Crippen LogP contribution is 2.11. The summed E-state index contributed by atoms with van der Waals surface area (Å²) in [5.74, 6) is 1.65. The summed E-state index contributed by atoms with van der Waals surface area (Å²) in [6.07, 6.45) is 6.92. The van der Waals surface area contributed by atoms with E-state index >= 15 is 0 Å². The molecule has 0 radical (unpaired) electrons. The zero-order valence-electron chi connectivity index (χ0n) is 9.07. The maximum absolute atomic E-state index is 5.29. The topological polar surface area (TPSA) is 47.0 Å². The summed E-state index contributed by atoms with van der Waals surface area (Å²) in [5, 5.41) is 3.43. The van der Waals surface area contributed by atoms with Gasteiger partial charge in [0.1, 0.15) is 5.82 Å². The minimum atomic E-state index is 0.558. The summed E-state index contributed by atoms with van der Waals surface area (Å²) in [7, 11) is 0. The summed E-state index contributed by atoms with van der Waals surface area (Å²) < 4.78 is 5.29. The average molecular weight is 207 g/mol. The summed E-state index contributed by atoms with van der Waals surface area (Å²) in [6.45, 7) is 3.74. The number of hydrogen-bond donors (Lipinski definition) is 1. The molecule has 0 spiro atoms. The number of aromatic nitrogens is 2. The summed E-state index contributed by atoms with van der Waals surface area (Å²) in [6, 6.07) is 0.558. The molecule has 0 amide bonds. The third kappa shape index (κ3) is 2.89. The molecule has 2 rings (SSSR count). The van der Waals surface area contributed by atoms with Crippen LogP contribution in [-0.2, 0) is 6.42 Å². The van der Waals surface area contributed by atoms with Crippen molar-refractivity contribution >= 4 is 0 Å². The molecule has 4 heteroatoms. The number of ether oxygens (including phenoxy) is 1. The van der Waals surface area contributed by atoms with E-state index < -0.39 is 0 Å². The van der Waals surface area contributed by atoms with Crippen LogP contribution in [0.25, 0.3) is 0 Å². The first-order valence-corrected chi connectivity index (χ1v) is 5.55. The lowest BCUT2D eigenvalue weighted by atomic mass is 10.1. The Hall–Kier alpha value is -1.16. The highest BCUT2D eigenvalue weighted by atomic mass is 16.5. The Morgan fingerprint density at radius 2 is 2.27 bits per heavy atom. The van der Waals surface area contributed by atoms with E-state index in [9.17, 15) is 0 Å². The van der Waals surface area contributed by atoms with Crippen molar-refractivity contribution < 1.29 is 4.74 Å². The Morgan fingerprint density at radius 3 is 2.87 bits per heavy atom. The Balaban J connectivity index is 1.91. The van der Waals surface area contributed by atoms with Gasteiger partial charge in [-0.1, -0.05) is 0 Å². The summed E-state index contributed by atoms with van der Waals surface area (Å²) in [5.41, 5.74) is 0. The molecule has 82 valence electrons. The van der Waals surface area contributed by atoms with Crippen LogP contribution in [0.4, 0.5) is 0 Å². The largest absolute Gasteiger partial charge is 0.491 e. The molecule has 0 saturated carbocycles. The van der Waals surface area contributed by atoms with E-state index in [4.69, 9.17) is 4.74 Å². The van der Waals surface area contributed by atoms with Gasteiger partial charge in [0.15, 0.2) is 5.75 Å². The van der Waals surface area contributed by atoms with Crippen molar-refractivity contribution in [3.8, 4) is 5.75 Å². The predicted octanol–water partition coefficient (Wildman–Crippen LogP) is 1.17. The predicted molar refractivity (Wildman–Crippen MR) is 57.9 cm³/mol. The van der Waals surface area contributed by atoms with Crippen molar-refractivity contribution in [3.05, 3.63) is 18.2 Å². The molecule has 1 saturated heterocycles. The first kappa shape index (κ1) is 10.4. The van der Waals surface area contributed by atoms with Crippen molar-refractivity contribution in [1.82, 2.24) is 15.3 Å². The smallest absolute Gasteiger partial charge is 0.155 e. The Bertz CT molecular complexity index is 293. The Labute approximate surface area is 90.1 Å². The van der Waals surface area contributed by atoms with Gasteiger partial charge >= 0.3 is 0 Å². The van der Waals surface area contributed by atoms with Gasteiger partial charge in [0.2, 0.25) is 0 Å². The first-order valence-electron chi connectivity index (χ1n) is 5.55. The van der Waals surface area contributed by atoms with Gasteiger partial charge in [-0.25, -0.2) is 9.97 Å². The SMILES string of the molecule is CCOc1cnc(CC2CCCN2)nc1.